The molecule has 1 fully saturated rings. The van der Waals surface area contributed by atoms with E-state index in [2.05, 4.69) is 38.7 Å². The highest BCUT2D eigenvalue weighted by Gasteiger charge is 2.34. The van der Waals surface area contributed by atoms with E-state index in [1.807, 2.05) is 6.92 Å². The van der Waals surface area contributed by atoms with Crippen LogP contribution in [-0.4, -0.2) is 34.7 Å². The van der Waals surface area contributed by atoms with E-state index < -0.39 is 17.3 Å². The number of hydrogen-bond acceptors (Lipinski definition) is 2. The van der Waals surface area contributed by atoms with Gasteiger partial charge in [0.05, 0.1) is 11.2 Å². The van der Waals surface area contributed by atoms with Crippen molar-refractivity contribution in [2.24, 2.45) is 0 Å². The highest BCUT2D eigenvalue weighted by molar-refractivity contribution is 5.30. The van der Waals surface area contributed by atoms with Gasteiger partial charge in [-0.3, -0.25) is 4.90 Å². The van der Waals surface area contributed by atoms with Crippen LogP contribution in [0.15, 0.2) is 35.9 Å². The third-order valence-electron chi connectivity index (χ3n) is 5.58. The first-order chi connectivity index (χ1) is 12.3. The number of nitrogens with zero attached hydrogens (tertiary/aromatic N) is 1. The normalized spacial score (nSPS) is 19.6. The van der Waals surface area contributed by atoms with Crippen LogP contribution in [0.25, 0.3) is 0 Å². The third-order valence-corrected chi connectivity index (χ3v) is 5.58. The Hall–Kier alpha value is -1.33. The van der Waals surface area contributed by atoms with Crippen molar-refractivity contribution in [2.75, 3.05) is 13.1 Å². The Bertz CT molecular complexity index is 645. The molecule has 1 heterocycles. The fraction of sp³-hybridized carbons (Fsp3) is 0.636. The first kappa shape index (κ1) is 22.0. The standard InChI is InChI=1S/C22H32F3NO/c1-16(2)14-19(26-12-10-21(5,27)11-13-26)15-20(3,4)17-6-8-18(9-7-17)22(23,24)25/h6-9,14,19,27H,10-13,15H2,1-5H3. The highest BCUT2D eigenvalue weighted by Crippen LogP contribution is 2.35. The Kier molecular flexibility index (Phi) is 6.48. The molecule has 1 unspecified atom stereocenters. The molecule has 1 saturated heterocycles. The van der Waals surface area contributed by atoms with E-state index in [4.69, 9.17) is 0 Å². The van der Waals surface area contributed by atoms with Gasteiger partial charge in [0.1, 0.15) is 0 Å². The van der Waals surface area contributed by atoms with E-state index in [-0.39, 0.29) is 11.5 Å². The van der Waals surface area contributed by atoms with E-state index in [9.17, 15) is 18.3 Å². The minimum Gasteiger partial charge on any atom is -0.390 e. The molecule has 0 saturated carbocycles. The Morgan fingerprint density at radius 2 is 1.59 bits per heavy atom. The molecule has 152 valence electrons. The van der Waals surface area contributed by atoms with E-state index >= 15 is 0 Å². The largest absolute Gasteiger partial charge is 0.416 e. The van der Waals surface area contributed by atoms with Crippen LogP contribution in [0.5, 0.6) is 0 Å². The van der Waals surface area contributed by atoms with Gasteiger partial charge in [-0.1, -0.05) is 37.6 Å². The molecule has 0 radical (unpaired) electrons. The Morgan fingerprint density at radius 1 is 1.11 bits per heavy atom. The van der Waals surface area contributed by atoms with Crippen molar-refractivity contribution in [3.63, 3.8) is 0 Å². The molecule has 0 aliphatic carbocycles. The number of benzene rings is 1. The van der Waals surface area contributed by atoms with E-state index in [1.54, 1.807) is 12.1 Å². The first-order valence-electron chi connectivity index (χ1n) is 9.59. The summed E-state index contributed by atoms with van der Waals surface area (Å²) in [6, 6.07) is 5.74. The average Bonchev–Trinajstić information content (AvgIpc) is 2.53. The quantitative estimate of drug-likeness (QED) is 0.674. The zero-order valence-corrected chi connectivity index (χ0v) is 17.0. The molecule has 0 bridgehead atoms. The maximum atomic E-state index is 12.8. The lowest BCUT2D eigenvalue weighted by Gasteiger charge is -2.42. The topological polar surface area (TPSA) is 23.5 Å². The second-order valence-corrected chi connectivity index (χ2v) is 9.01. The number of allylic oxidation sites excluding steroid dienone is 1. The number of halogens is 3. The second-order valence-electron chi connectivity index (χ2n) is 9.01. The van der Waals surface area contributed by atoms with Crippen LogP contribution in [0.3, 0.4) is 0 Å². The molecule has 0 aromatic heterocycles. The summed E-state index contributed by atoms with van der Waals surface area (Å²) in [6.45, 7) is 11.8. The van der Waals surface area contributed by atoms with Crippen LogP contribution in [0.2, 0.25) is 0 Å². The maximum absolute atomic E-state index is 12.8. The number of rotatable bonds is 5. The summed E-state index contributed by atoms with van der Waals surface area (Å²) in [5.74, 6) is 0. The van der Waals surface area contributed by atoms with Gasteiger partial charge in [0.2, 0.25) is 0 Å². The number of alkyl halides is 3. The van der Waals surface area contributed by atoms with Crippen LogP contribution in [0.1, 0.15) is 65.0 Å². The van der Waals surface area contributed by atoms with Crippen molar-refractivity contribution in [3.8, 4) is 0 Å². The Labute approximate surface area is 161 Å². The third kappa shape index (κ3) is 6.08. The number of likely N-dealkylation sites (tertiary alicyclic amines) is 1. The minimum absolute atomic E-state index is 0.198. The van der Waals surface area contributed by atoms with E-state index in [1.165, 1.54) is 17.7 Å². The summed E-state index contributed by atoms with van der Waals surface area (Å²) in [5.41, 5.74) is 0.656. The Balaban J connectivity index is 2.19. The lowest BCUT2D eigenvalue weighted by molar-refractivity contribution is -0.137. The molecular weight excluding hydrogens is 351 g/mol. The maximum Gasteiger partial charge on any atom is 0.416 e. The first-order valence-corrected chi connectivity index (χ1v) is 9.59. The summed E-state index contributed by atoms with van der Waals surface area (Å²) in [7, 11) is 0. The summed E-state index contributed by atoms with van der Waals surface area (Å²) < 4.78 is 38.5. The molecule has 1 atom stereocenters. The fourth-order valence-electron chi connectivity index (χ4n) is 3.77. The molecule has 1 aromatic carbocycles. The molecule has 27 heavy (non-hydrogen) atoms. The van der Waals surface area contributed by atoms with Crippen LogP contribution in [0.4, 0.5) is 13.2 Å². The van der Waals surface area contributed by atoms with Gasteiger partial charge in [0, 0.05) is 19.1 Å². The van der Waals surface area contributed by atoms with Crippen LogP contribution in [0, 0.1) is 0 Å². The van der Waals surface area contributed by atoms with E-state index in [0.29, 0.717) is 0 Å². The lowest BCUT2D eigenvalue weighted by Crippen LogP contribution is -2.48. The smallest absolute Gasteiger partial charge is 0.390 e. The molecule has 0 amide bonds. The summed E-state index contributed by atoms with van der Waals surface area (Å²) >= 11 is 0. The predicted molar refractivity (Wildman–Crippen MR) is 104 cm³/mol. The summed E-state index contributed by atoms with van der Waals surface area (Å²) in [6.07, 6.45) is 0.219. The molecule has 1 aliphatic rings. The Morgan fingerprint density at radius 3 is 2.04 bits per heavy atom. The molecule has 1 aliphatic heterocycles. The monoisotopic (exact) mass is 383 g/mol. The van der Waals surface area contributed by atoms with Gasteiger partial charge in [-0.15, -0.1) is 0 Å². The number of hydrogen-bond donors (Lipinski definition) is 1. The predicted octanol–water partition coefficient (Wildman–Crippen LogP) is 5.55. The zero-order valence-electron chi connectivity index (χ0n) is 17.0. The highest BCUT2D eigenvalue weighted by atomic mass is 19.4. The van der Waals surface area contributed by atoms with Gasteiger partial charge >= 0.3 is 6.18 Å². The summed E-state index contributed by atoms with van der Waals surface area (Å²) in [4.78, 5) is 2.39. The van der Waals surface area contributed by atoms with Gasteiger partial charge in [0.25, 0.3) is 0 Å². The lowest BCUT2D eigenvalue weighted by atomic mass is 9.77. The van der Waals surface area contributed by atoms with Gasteiger partial charge in [0.15, 0.2) is 0 Å². The molecule has 5 heteroatoms. The summed E-state index contributed by atoms with van der Waals surface area (Å²) in [5, 5.41) is 10.2. The number of aliphatic hydroxyl groups is 1. The van der Waals surface area contributed by atoms with Crippen LogP contribution < -0.4 is 0 Å². The zero-order chi connectivity index (χ0) is 20.5. The van der Waals surface area contributed by atoms with Crippen molar-refractivity contribution in [2.45, 2.75) is 77.1 Å². The molecular formula is C22H32F3NO. The molecule has 2 nitrogen and oxygen atoms in total. The van der Waals surface area contributed by atoms with Crippen molar-refractivity contribution in [1.82, 2.24) is 4.90 Å². The fourth-order valence-corrected chi connectivity index (χ4v) is 3.77. The van der Waals surface area contributed by atoms with Crippen molar-refractivity contribution in [1.29, 1.82) is 0 Å². The number of piperidine rings is 1. The van der Waals surface area contributed by atoms with Crippen LogP contribution in [-0.2, 0) is 11.6 Å². The van der Waals surface area contributed by atoms with Crippen molar-refractivity contribution >= 4 is 0 Å². The molecule has 2 rings (SSSR count). The average molecular weight is 383 g/mol. The van der Waals surface area contributed by atoms with Gasteiger partial charge < -0.3 is 5.11 Å². The van der Waals surface area contributed by atoms with Gasteiger partial charge in [-0.25, -0.2) is 0 Å². The molecule has 1 aromatic rings. The van der Waals surface area contributed by atoms with Gasteiger partial charge in [-0.05, 0) is 63.1 Å². The van der Waals surface area contributed by atoms with Gasteiger partial charge in [-0.2, -0.15) is 13.2 Å². The molecule has 1 N–H and O–H groups in total. The SMILES string of the molecule is CC(C)=CC(CC(C)(C)c1ccc(C(F)(F)F)cc1)N1CCC(C)(O)CC1. The minimum atomic E-state index is -4.31. The molecule has 0 spiro atoms. The van der Waals surface area contributed by atoms with Crippen molar-refractivity contribution in [3.05, 3.63) is 47.0 Å². The van der Waals surface area contributed by atoms with E-state index in [0.717, 1.165) is 37.9 Å². The van der Waals surface area contributed by atoms with Crippen molar-refractivity contribution < 1.29 is 18.3 Å². The van der Waals surface area contributed by atoms with Crippen LogP contribution >= 0.6 is 0 Å². The second kappa shape index (κ2) is 7.96.